The molecule has 1 N–H and O–H groups in total. The summed E-state index contributed by atoms with van der Waals surface area (Å²) < 4.78 is 32.7. The number of ether oxygens (including phenoxy) is 1. The number of hydrogen-bond acceptors (Lipinski definition) is 5. The fourth-order valence-corrected chi connectivity index (χ4v) is 6.10. The second-order valence-corrected chi connectivity index (χ2v) is 12.5. The van der Waals surface area contributed by atoms with Crippen LogP contribution in [0.25, 0.3) is 0 Å². The van der Waals surface area contributed by atoms with E-state index < -0.39 is 16.1 Å². The molecule has 0 heterocycles. The highest BCUT2D eigenvalue weighted by Gasteiger charge is 2.28. The number of amides is 2. The minimum absolute atomic E-state index is 0.109. The van der Waals surface area contributed by atoms with Gasteiger partial charge in [-0.15, -0.1) is 0 Å². The summed E-state index contributed by atoms with van der Waals surface area (Å²) in [5.74, 6) is 0.305. The minimum atomic E-state index is -3.56. The Labute approximate surface area is 234 Å². The first kappa shape index (κ1) is 30.0. The molecule has 0 aromatic heterocycles. The van der Waals surface area contributed by atoms with Crippen molar-refractivity contribution in [2.45, 2.75) is 71.0 Å². The summed E-state index contributed by atoms with van der Waals surface area (Å²) in [5, 5.41) is 3.10. The summed E-state index contributed by atoms with van der Waals surface area (Å²) >= 11 is 3.47. The first-order valence-electron chi connectivity index (χ1n) is 13.1. The third-order valence-corrected chi connectivity index (χ3v) is 8.39. The van der Waals surface area contributed by atoms with Crippen LogP contribution in [-0.2, 0) is 26.2 Å². The number of carbonyl (C=O) groups is 2. The van der Waals surface area contributed by atoms with Gasteiger partial charge in [0.1, 0.15) is 11.8 Å². The molecule has 1 saturated carbocycles. The van der Waals surface area contributed by atoms with E-state index >= 15 is 0 Å². The third-order valence-electron chi connectivity index (χ3n) is 6.70. The number of anilines is 1. The van der Waals surface area contributed by atoms with Crippen LogP contribution in [0, 0.1) is 0 Å². The van der Waals surface area contributed by atoms with E-state index in [1.54, 1.807) is 36.1 Å². The summed E-state index contributed by atoms with van der Waals surface area (Å²) in [6.07, 6.45) is 5.70. The molecule has 8 nitrogen and oxygen atoms in total. The zero-order valence-electron chi connectivity index (χ0n) is 22.4. The maximum atomic E-state index is 13.4. The maximum Gasteiger partial charge on any atom is 0.242 e. The molecule has 1 atom stereocenters. The predicted octanol–water partition coefficient (Wildman–Crippen LogP) is 4.87. The molecule has 2 aromatic rings. The Morgan fingerprint density at radius 1 is 1.13 bits per heavy atom. The number of sulfonamides is 1. The summed E-state index contributed by atoms with van der Waals surface area (Å²) in [7, 11) is -3.56. The molecule has 208 valence electrons. The average molecular weight is 609 g/mol. The van der Waals surface area contributed by atoms with E-state index in [9.17, 15) is 18.0 Å². The molecular formula is C28H38BrN3O5S. The van der Waals surface area contributed by atoms with Crippen LogP contribution in [0.4, 0.5) is 5.69 Å². The zero-order chi connectivity index (χ0) is 27.7. The van der Waals surface area contributed by atoms with Gasteiger partial charge in [-0.2, -0.15) is 0 Å². The highest BCUT2D eigenvalue weighted by Crippen LogP contribution is 2.23. The van der Waals surface area contributed by atoms with Crippen LogP contribution in [-0.4, -0.2) is 56.6 Å². The van der Waals surface area contributed by atoms with Gasteiger partial charge in [0.2, 0.25) is 21.8 Å². The van der Waals surface area contributed by atoms with Crippen LogP contribution in [0.5, 0.6) is 5.75 Å². The van der Waals surface area contributed by atoms with Crippen molar-refractivity contribution in [2.75, 3.05) is 23.7 Å². The van der Waals surface area contributed by atoms with E-state index in [1.807, 2.05) is 31.2 Å². The van der Waals surface area contributed by atoms with Gasteiger partial charge < -0.3 is 15.0 Å². The highest BCUT2D eigenvalue weighted by molar-refractivity contribution is 9.10. The van der Waals surface area contributed by atoms with Gasteiger partial charge in [-0.05, 0) is 75.1 Å². The molecule has 0 unspecified atom stereocenters. The lowest BCUT2D eigenvalue weighted by Crippen LogP contribution is -2.49. The van der Waals surface area contributed by atoms with Crippen molar-refractivity contribution >= 4 is 43.5 Å². The number of rotatable bonds is 13. The van der Waals surface area contributed by atoms with E-state index in [1.165, 1.54) is 4.31 Å². The summed E-state index contributed by atoms with van der Waals surface area (Å²) in [6.45, 7) is 4.58. The van der Waals surface area contributed by atoms with E-state index in [2.05, 4.69) is 21.2 Å². The number of nitrogens with one attached hydrogen (secondary N) is 1. The Morgan fingerprint density at radius 2 is 1.82 bits per heavy atom. The first-order valence-corrected chi connectivity index (χ1v) is 15.8. The topological polar surface area (TPSA) is 96.0 Å². The van der Waals surface area contributed by atoms with Crippen molar-refractivity contribution in [1.82, 2.24) is 10.2 Å². The highest BCUT2D eigenvalue weighted by atomic mass is 79.9. The smallest absolute Gasteiger partial charge is 0.242 e. The van der Waals surface area contributed by atoms with E-state index in [-0.39, 0.29) is 37.4 Å². The predicted molar refractivity (Wildman–Crippen MR) is 154 cm³/mol. The van der Waals surface area contributed by atoms with Gasteiger partial charge in [0, 0.05) is 30.0 Å². The minimum Gasteiger partial charge on any atom is -0.494 e. The van der Waals surface area contributed by atoms with Gasteiger partial charge in [-0.1, -0.05) is 40.9 Å². The molecule has 10 heteroatoms. The summed E-state index contributed by atoms with van der Waals surface area (Å²) in [5.41, 5.74) is 1.42. The van der Waals surface area contributed by atoms with Gasteiger partial charge in [0.05, 0.1) is 18.6 Å². The Balaban J connectivity index is 1.70. The van der Waals surface area contributed by atoms with Crippen LogP contribution < -0.4 is 14.4 Å². The molecule has 0 aliphatic heterocycles. The fraction of sp³-hybridized carbons (Fsp3) is 0.500. The molecule has 2 amide bonds. The third kappa shape index (κ3) is 8.73. The molecule has 0 spiro atoms. The van der Waals surface area contributed by atoms with Gasteiger partial charge in [-0.3, -0.25) is 13.9 Å². The lowest BCUT2D eigenvalue weighted by Gasteiger charge is -2.30. The van der Waals surface area contributed by atoms with Crippen LogP contribution in [0.1, 0.15) is 57.9 Å². The second kappa shape index (κ2) is 14.0. The standard InChI is InChI=1S/C28H38BrN3O5S/c1-4-37-26-16-14-25(15-17-26)32(38(3,35)36)18-8-13-27(33)31(20-22-9-7-10-23(29)19-22)21(2)28(34)30-24-11-5-6-12-24/h7,9-10,14-17,19,21,24H,4-6,8,11-13,18,20H2,1-3H3,(H,30,34)/t21-/m1/s1. The number of hydrogen-bond donors (Lipinski definition) is 1. The molecule has 1 fully saturated rings. The molecule has 3 rings (SSSR count). The maximum absolute atomic E-state index is 13.4. The molecule has 38 heavy (non-hydrogen) atoms. The lowest BCUT2D eigenvalue weighted by molar-refractivity contribution is -0.141. The first-order chi connectivity index (χ1) is 18.1. The number of halogens is 1. The molecule has 1 aliphatic carbocycles. The zero-order valence-corrected chi connectivity index (χ0v) is 24.8. The largest absolute Gasteiger partial charge is 0.494 e. The number of nitrogens with zero attached hydrogens (tertiary/aromatic N) is 2. The van der Waals surface area contributed by atoms with Crippen LogP contribution in [0.3, 0.4) is 0 Å². The Bertz CT molecular complexity index is 1180. The monoisotopic (exact) mass is 607 g/mol. The van der Waals surface area contributed by atoms with Crippen molar-refractivity contribution in [3.8, 4) is 5.75 Å². The molecule has 1 aliphatic rings. The van der Waals surface area contributed by atoms with E-state index in [4.69, 9.17) is 4.74 Å². The molecule has 0 saturated heterocycles. The van der Waals surface area contributed by atoms with Crippen molar-refractivity contribution in [3.63, 3.8) is 0 Å². The number of carbonyl (C=O) groups excluding carboxylic acids is 2. The van der Waals surface area contributed by atoms with Crippen LogP contribution in [0.15, 0.2) is 53.0 Å². The van der Waals surface area contributed by atoms with Crippen molar-refractivity contribution in [2.24, 2.45) is 0 Å². The van der Waals surface area contributed by atoms with Gasteiger partial charge in [0.25, 0.3) is 0 Å². The average Bonchev–Trinajstić information content (AvgIpc) is 3.38. The Morgan fingerprint density at radius 3 is 2.42 bits per heavy atom. The van der Waals surface area contributed by atoms with Gasteiger partial charge in [-0.25, -0.2) is 8.42 Å². The summed E-state index contributed by atoms with van der Waals surface area (Å²) in [6, 6.07) is 14.0. The number of benzene rings is 2. The van der Waals surface area contributed by atoms with E-state index in [0.717, 1.165) is 42.0 Å². The van der Waals surface area contributed by atoms with Gasteiger partial charge >= 0.3 is 0 Å². The lowest BCUT2D eigenvalue weighted by atomic mass is 10.1. The Hall–Kier alpha value is -2.59. The molecule has 0 radical (unpaired) electrons. The van der Waals surface area contributed by atoms with Crippen LogP contribution in [0.2, 0.25) is 0 Å². The normalized spacial score (nSPS) is 14.6. The van der Waals surface area contributed by atoms with Crippen LogP contribution >= 0.6 is 15.9 Å². The van der Waals surface area contributed by atoms with Crippen molar-refractivity contribution in [3.05, 3.63) is 58.6 Å². The van der Waals surface area contributed by atoms with Crippen molar-refractivity contribution < 1.29 is 22.7 Å². The molecule has 0 bridgehead atoms. The second-order valence-electron chi connectivity index (χ2n) is 9.68. The quantitative estimate of drug-likeness (QED) is 0.350. The SMILES string of the molecule is CCOc1ccc(N(CCCC(=O)N(Cc2cccc(Br)c2)[C@H](C)C(=O)NC2CCCC2)S(C)(=O)=O)cc1. The van der Waals surface area contributed by atoms with Gasteiger partial charge in [0.15, 0.2) is 0 Å². The summed E-state index contributed by atoms with van der Waals surface area (Å²) in [4.78, 5) is 28.1. The fourth-order valence-electron chi connectivity index (χ4n) is 4.69. The molecular weight excluding hydrogens is 570 g/mol. The Kier molecular flexibility index (Phi) is 11.0. The molecule has 2 aromatic carbocycles. The van der Waals surface area contributed by atoms with Crippen molar-refractivity contribution in [1.29, 1.82) is 0 Å². The van der Waals surface area contributed by atoms with E-state index in [0.29, 0.717) is 24.5 Å².